The molecule has 0 fully saturated rings. The summed E-state index contributed by atoms with van der Waals surface area (Å²) in [5, 5.41) is 8.26. The Morgan fingerprint density at radius 2 is 2.00 bits per heavy atom. The second-order valence-electron chi connectivity index (χ2n) is 7.11. The van der Waals surface area contributed by atoms with Crippen LogP contribution in [0.2, 0.25) is 0 Å². The molecule has 1 atom stereocenters. The molecule has 0 bridgehead atoms. The summed E-state index contributed by atoms with van der Waals surface area (Å²) < 4.78 is 1.55. The van der Waals surface area contributed by atoms with Crippen LogP contribution in [-0.4, -0.2) is 25.7 Å². The van der Waals surface area contributed by atoms with Crippen molar-refractivity contribution in [2.75, 3.05) is 0 Å². The molecule has 4 aromatic rings. The van der Waals surface area contributed by atoms with Crippen LogP contribution in [0, 0.1) is 13.8 Å². The van der Waals surface area contributed by atoms with Gasteiger partial charge in [-0.25, -0.2) is 9.67 Å². The van der Waals surface area contributed by atoms with Crippen LogP contribution in [0.4, 0.5) is 0 Å². The lowest BCUT2D eigenvalue weighted by Crippen LogP contribution is -2.30. The van der Waals surface area contributed by atoms with Crippen LogP contribution in [0.1, 0.15) is 29.7 Å². The van der Waals surface area contributed by atoms with Crippen LogP contribution in [0.3, 0.4) is 0 Å². The zero-order chi connectivity index (χ0) is 19.7. The standard InChI is InChI=1S/C22H23N5O/c1-14-9-18(11-24-22(28)16(3)27-13-23-12-25-27)21-19(10-14)15(2)20(26-21)17-7-5-4-6-8-17/h4-10,12-13,16,26H,11H2,1-3H3,(H,24,28). The third kappa shape index (κ3) is 3.29. The maximum absolute atomic E-state index is 12.5. The van der Waals surface area contributed by atoms with E-state index in [0.29, 0.717) is 6.54 Å². The van der Waals surface area contributed by atoms with Gasteiger partial charge >= 0.3 is 0 Å². The van der Waals surface area contributed by atoms with E-state index in [1.165, 1.54) is 22.8 Å². The van der Waals surface area contributed by atoms with Crippen molar-refractivity contribution >= 4 is 16.8 Å². The first-order chi connectivity index (χ1) is 13.5. The lowest BCUT2D eigenvalue weighted by molar-refractivity contribution is -0.124. The average Bonchev–Trinajstić information content (AvgIpc) is 3.35. The molecule has 2 aromatic carbocycles. The van der Waals surface area contributed by atoms with Crippen molar-refractivity contribution in [2.24, 2.45) is 0 Å². The van der Waals surface area contributed by atoms with Crippen LogP contribution in [-0.2, 0) is 11.3 Å². The molecule has 28 heavy (non-hydrogen) atoms. The number of aryl methyl sites for hydroxylation is 2. The molecule has 1 unspecified atom stereocenters. The van der Waals surface area contributed by atoms with Crippen molar-refractivity contribution in [3.8, 4) is 11.3 Å². The fraction of sp³-hybridized carbons (Fsp3) is 0.227. The second kappa shape index (κ2) is 7.31. The molecule has 2 aromatic heterocycles. The predicted octanol–water partition coefficient (Wildman–Crippen LogP) is 3.92. The molecule has 0 aliphatic carbocycles. The molecule has 0 saturated carbocycles. The minimum absolute atomic E-state index is 0.0910. The molecule has 6 nitrogen and oxygen atoms in total. The molecule has 2 N–H and O–H groups in total. The van der Waals surface area contributed by atoms with Gasteiger partial charge in [0, 0.05) is 17.6 Å². The van der Waals surface area contributed by atoms with Crippen molar-refractivity contribution in [3.05, 3.63) is 71.8 Å². The Kier molecular flexibility index (Phi) is 4.69. The van der Waals surface area contributed by atoms with Gasteiger partial charge in [0.25, 0.3) is 0 Å². The van der Waals surface area contributed by atoms with E-state index in [1.54, 1.807) is 11.0 Å². The zero-order valence-corrected chi connectivity index (χ0v) is 16.2. The minimum Gasteiger partial charge on any atom is -0.354 e. The number of aromatic nitrogens is 4. The van der Waals surface area contributed by atoms with Gasteiger partial charge in [0.15, 0.2) is 0 Å². The Hall–Kier alpha value is -3.41. The van der Waals surface area contributed by atoms with Gasteiger partial charge in [-0.05, 0) is 43.5 Å². The molecular formula is C22H23N5O. The number of hydrogen-bond donors (Lipinski definition) is 2. The largest absolute Gasteiger partial charge is 0.354 e. The molecular weight excluding hydrogens is 350 g/mol. The molecule has 0 saturated heterocycles. The van der Waals surface area contributed by atoms with Gasteiger partial charge in [-0.15, -0.1) is 0 Å². The molecule has 1 amide bonds. The number of hydrogen-bond acceptors (Lipinski definition) is 3. The number of rotatable bonds is 5. The van der Waals surface area contributed by atoms with E-state index in [-0.39, 0.29) is 5.91 Å². The third-order valence-electron chi connectivity index (χ3n) is 5.12. The Bertz CT molecular complexity index is 1110. The maximum Gasteiger partial charge on any atom is 0.244 e. The van der Waals surface area contributed by atoms with E-state index >= 15 is 0 Å². The number of H-pyrrole nitrogens is 1. The summed E-state index contributed by atoms with van der Waals surface area (Å²) in [6.45, 7) is 6.47. The molecule has 6 heteroatoms. The summed E-state index contributed by atoms with van der Waals surface area (Å²) in [6.07, 6.45) is 2.98. The van der Waals surface area contributed by atoms with E-state index in [4.69, 9.17) is 0 Å². The highest BCUT2D eigenvalue weighted by atomic mass is 16.2. The van der Waals surface area contributed by atoms with Crippen LogP contribution in [0.5, 0.6) is 0 Å². The summed E-state index contributed by atoms with van der Waals surface area (Å²) >= 11 is 0. The van der Waals surface area contributed by atoms with Gasteiger partial charge in [-0.1, -0.05) is 42.0 Å². The second-order valence-corrected chi connectivity index (χ2v) is 7.11. The van der Waals surface area contributed by atoms with E-state index in [1.807, 2.05) is 25.1 Å². The van der Waals surface area contributed by atoms with Crippen LogP contribution < -0.4 is 5.32 Å². The fourth-order valence-electron chi connectivity index (χ4n) is 3.56. The Balaban J connectivity index is 1.65. The van der Waals surface area contributed by atoms with Crippen molar-refractivity contribution in [1.29, 1.82) is 0 Å². The van der Waals surface area contributed by atoms with Crippen LogP contribution in [0.25, 0.3) is 22.2 Å². The number of fused-ring (bicyclic) bond motifs is 1. The smallest absolute Gasteiger partial charge is 0.244 e. The van der Waals surface area contributed by atoms with Crippen LogP contribution >= 0.6 is 0 Å². The van der Waals surface area contributed by atoms with Gasteiger partial charge in [0.2, 0.25) is 5.91 Å². The molecule has 0 aliphatic heterocycles. The number of carbonyl (C=O) groups is 1. The topological polar surface area (TPSA) is 75.6 Å². The summed E-state index contributed by atoms with van der Waals surface area (Å²) in [5.74, 6) is -0.0910. The summed E-state index contributed by atoms with van der Waals surface area (Å²) in [7, 11) is 0. The first kappa shape index (κ1) is 18.0. The van der Waals surface area contributed by atoms with E-state index in [0.717, 1.165) is 22.3 Å². The minimum atomic E-state index is -0.409. The normalized spacial score (nSPS) is 12.2. The van der Waals surface area contributed by atoms with Crippen molar-refractivity contribution < 1.29 is 4.79 Å². The highest BCUT2D eigenvalue weighted by molar-refractivity contribution is 5.93. The summed E-state index contributed by atoms with van der Waals surface area (Å²) in [5.41, 5.74) is 6.79. The van der Waals surface area contributed by atoms with Crippen molar-refractivity contribution in [1.82, 2.24) is 25.1 Å². The highest BCUT2D eigenvalue weighted by Gasteiger charge is 2.17. The van der Waals surface area contributed by atoms with E-state index in [9.17, 15) is 4.79 Å². The van der Waals surface area contributed by atoms with Gasteiger partial charge < -0.3 is 10.3 Å². The van der Waals surface area contributed by atoms with E-state index < -0.39 is 6.04 Å². The maximum atomic E-state index is 12.5. The highest BCUT2D eigenvalue weighted by Crippen LogP contribution is 2.32. The molecule has 2 heterocycles. The summed E-state index contributed by atoms with van der Waals surface area (Å²) in [4.78, 5) is 20.0. The van der Waals surface area contributed by atoms with Gasteiger partial charge in [-0.2, -0.15) is 5.10 Å². The first-order valence-electron chi connectivity index (χ1n) is 9.33. The Morgan fingerprint density at radius 3 is 2.71 bits per heavy atom. The fourth-order valence-corrected chi connectivity index (χ4v) is 3.56. The number of carbonyl (C=O) groups excluding carboxylic acids is 1. The average molecular weight is 373 g/mol. The predicted molar refractivity (Wildman–Crippen MR) is 110 cm³/mol. The lowest BCUT2D eigenvalue weighted by atomic mass is 10.0. The number of aromatic amines is 1. The van der Waals surface area contributed by atoms with Gasteiger partial charge in [0.05, 0.1) is 5.52 Å². The summed E-state index contributed by atoms with van der Waals surface area (Å²) in [6, 6.07) is 14.2. The molecule has 142 valence electrons. The number of nitrogens with one attached hydrogen (secondary N) is 2. The lowest BCUT2D eigenvalue weighted by Gasteiger charge is -2.13. The quantitative estimate of drug-likeness (QED) is 0.557. The molecule has 0 aliphatic rings. The first-order valence-corrected chi connectivity index (χ1v) is 9.33. The zero-order valence-electron chi connectivity index (χ0n) is 16.2. The van der Waals surface area contributed by atoms with Gasteiger partial charge in [0.1, 0.15) is 18.7 Å². The van der Waals surface area contributed by atoms with Crippen molar-refractivity contribution in [3.63, 3.8) is 0 Å². The number of nitrogens with zero attached hydrogens (tertiary/aromatic N) is 3. The van der Waals surface area contributed by atoms with E-state index in [2.05, 4.69) is 58.5 Å². The molecule has 4 rings (SSSR count). The van der Waals surface area contributed by atoms with Gasteiger partial charge in [-0.3, -0.25) is 4.79 Å². The monoisotopic (exact) mass is 373 g/mol. The Labute approximate surface area is 163 Å². The van der Waals surface area contributed by atoms with Crippen LogP contribution in [0.15, 0.2) is 55.1 Å². The van der Waals surface area contributed by atoms with Crippen molar-refractivity contribution in [2.45, 2.75) is 33.4 Å². The number of amides is 1. The number of benzene rings is 2. The third-order valence-corrected chi connectivity index (χ3v) is 5.12. The molecule has 0 radical (unpaired) electrons. The Morgan fingerprint density at radius 1 is 1.21 bits per heavy atom. The SMILES string of the molecule is Cc1cc(CNC(=O)C(C)n2cncn2)c2[nH]c(-c3ccccc3)c(C)c2c1. The molecule has 0 spiro atoms.